The van der Waals surface area contributed by atoms with Crippen molar-refractivity contribution in [2.24, 2.45) is 0 Å². The number of β-amino-alcohol motifs (C(OH)–C–C–N with tert-alkyl or cyclic N) is 1. The van der Waals surface area contributed by atoms with Crippen LogP contribution in [0, 0.1) is 0 Å². The maximum absolute atomic E-state index is 10.8. The van der Waals surface area contributed by atoms with Crippen LogP contribution >= 0.6 is 0 Å². The molecular formula is C22H26N4O. The van der Waals surface area contributed by atoms with E-state index in [-0.39, 0.29) is 12.0 Å². The molecule has 0 amide bonds. The number of aliphatic hydroxyl groups is 1. The van der Waals surface area contributed by atoms with Gasteiger partial charge in [-0.25, -0.2) is 9.97 Å². The van der Waals surface area contributed by atoms with Crippen molar-refractivity contribution in [1.29, 1.82) is 0 Å². The highest BCUT2D eigenvalue weighted by atomic mass is 16.3. The normalized spacial score (nSPS) is 20.7. The van der Waals surface area contributed by atoms with Crippen LogP contribution in [0.1, 0.15) is 23.5 Å². The van der Waals surface area contributed by atoms with Crippen molar-refractivity contribution in [2.45, 2.75) is 25.0 Å². The van der Waals surface area contributed by atoms with E-state index < -0.39 is 0 Å². The number of piperidine rings is 1. The smallest absolute Gasteiger partial charge is 0.224 e. The maximum Gasteiger partial charge on any atom is 0.224 e. The molecule has 5 heteroatoms. The molecule has 0 aliphatic carbocycles. The summed E-state index contributed by atoms with van der Waals surface area (Å²) in [6.07, 6.45) is 4.35. The zero-order chi connectivity index (χ0) is 18.8. The monoisotopic (exact) mass is 362 g/mol. The first kappa shape index (κ1) is 17.9. The summed E-state index contributed by atoms with van der Waals surface area (Å²) in [5.41, 5.74) is 2.32. The summed E-state index contributed by atoms with van der Waals surface area (Å²) in [6.45, 7) is 2.41. The van der Waals surface area contributed by atoms with E-state index in [1.165, 1.54) is 16.3 Å². The fourth-order valence-electron chi connectivity index (χ4n) is 3.89. The first-order valence-electron chi connectivity index (χ1n) is 9.47. The molecule has 2 aromatic carbocycles. The molecule has 5 nitrogen and oxygen atoms in total. The third-order valence-corrected chi connectivity index (χ3v) is 5.37. The number of hydrogen-bond acceptors (Lipinski definition) is 5. The average molecular weight is 362 g/mol. The highest BCUT2D eigenvalue weighted by Gasteiger charge is 2.29. The molecule has 1 fully saturated rings. The van der Waals surface area contributed by atoms with E-state index in [4.69, 9.17) is 0 Å². The topological polar surface area (TPSA) is 52.5 Å². The molecule has 1 aliphatic heterocycles. The number of hydrogen-bond donors (Lipinski definition) is 1. The minimum atomic E-state index is -0.359. The summed E-state index contributed by atoms with van der Waals surface area (Å²) >= 11 is 0. The van der Waals surface area contributed by atoms with Crippen molar-refractivity contribution in [1.82, 2.24) is 14.9 Å². The van der Waals surface area contributed by atoms with Crippen LogP contribution in [-0.4, -0.2) is 53.3 Å². The SMILES string of the molecule is CN(C)c1ncc(CN2CC[C@@H](c3ccc4ccccc4c3)[C@H](O)C2)cn1. The fraction of sp³-hybridized carbons (Fsp3) is 0.364. The summed E-state index contributed by atoms with van der Waals surface area (Å²) in [6, 6.07) is 14.9. The molecular weight excluding hydrogens is 336 g/mol. The van der Waals surface area contributed by atoms with Gasteiger partial charge < -0.3 is 10.0 Å². The molecule has 2 atom stereocenters. The molecule has 3 aromatic rings. The highest BCUT2D eigenvalue weighted by molar-refractivity contribution is 5.83. The van der Waals surface area contributed by atoms with E-state index in [1.807, 2.05) is 31.4 Å². The number of rotatable bonds is 4. The number of anilines is 1. The van der Waals surface area contributed by atoms with Crippen molar-refractivity contribution in [3.05, 3.63) is 66.0 Å². The second-order valence-electron chi connectivity index (χ2n) is 7.59. The third-order valence-electron chi connectivity index (χ3n) is 5.37. The molecule has 27 heavy (non-hydrogen) atoms. The lowest BCUT2D eigenvalue weighted by Gasteiger charge is -2.36. The molecule has 1 saturated heterocycles. The summed E-state index contributed by atoms with van der Waals surface area (Å²) in [7, 11) is 3.87. The van der Waals surface area contributed by atoms with Gasteiger partial charge in [-0.15, -0.1) is 0 Å². The molecule has 0 unspecified atom stereocenters. The minimum Gasteiger partial charge on any atom is -0.391 e. The number of nitrogens with zero attached hydrogens (tertiary/aromatic N) is 4. The average Bonchev–Trinajstić information content (AvgIpc) is 2.68. The van der Waals surface area contributed by atoms with E-state index in [1.54, 1.807) is 0 Å². The van der Waals surface area contributed by atoms with Gasteiger partial charge in [0.05, 0.1) is 6.10 Å². The Morgan fingerprint density at radius 3 is 2.52 bits per heavy atom. The molecule has 0 radical (unpaired) electrons. The molecule has 0 saturated carbocycles. The highest BCUT2D eigenvalue weighted by Crippen LogP contribution is 2.31. The summed E-state index contributed by atoms with van der Waals surface area (Å²) in [4.78, 5) is 12.9. The van der Waals surface area contributed by atoms with Gasteiger partial charge in [0, 0.05) is 51.1 Å². The van der Waals surface area contributed by atoms with Crippen LogP contribution in [0.15, 0.2) is 54.9 Å². The Morgan fingerprint density at radius 1 is 1.07 bits per heavy atom. The largest absolute Gasteiger partial charge is 0.391 e. The van der Waals surface area contributed by atoms with Crippen molar-refractivity contribution in [3.63, 3.8) is 0 Å². The van der Waals surface area contributed by atoms with Crippen LogP contribution in [0.2, 0.25) is 0 Å². The Kier molecular flexibility index (Phi) is 5.05. The van der Waals surface area contributed by atoms with Crippen LogP contribution in [-0.2, 0) is 6.54 Å². The predicted octanol–water partition coefficient (Wildman–Crippen LogP) is 3.05. The fourth-order valence-corrected chi connectivity index (χ4v) is 3.89. The van der Waals surface area contributed by atoms with E-state index in [0.29, 0.717) is 12.5 Å². The second kappa shape index (κ2) is 7.62. The zero-order valence-electron chi connectivity index (χ0n) is 15.9. The predicted molar refractivity (Wildman–Crippen MR) is 109 cm³/mol. The quantitative estimate of drug-likeness (QED) is 0.773. The van der Waals surface area contributed by atoms with Crippen LogP contribution < -0.4 is 4.90 Å². The van der Waals surface area contributed by atoms with Gasteiger partial charge in [0.15, 0.2) is 0 Å². The van der Waals surface area contributed by atoms with Gasteiger partial charge in [0.2, 0.25) is 5.95 Å². The Labute approximate surface area is 160 Å². The summed E-state index contributed by atoms with van der Waals surface area (Å²) in [5, 5.41) is 13.3. The first-order chi connectivity index (χ1) is 13.1. The van der Waals surface area contributed by atoms with Crippen LogP contribution in [0.3, 0.4) is 0 Å². The Hall–Kier alpha value is -2.50. The van der Waals surface area contributed by atoms with Gasteiger partial charge in [-0.1, -0.05) is 42.5 Å². The van der Waals surface area contributed by atoms with Gasteiger partial charge in [-0.05, 0) is 29.3 Å². The van der Waals surface area contributed by atoms with Crippen molar-refractivity contribution >= 4 is 16.7 Å². The van der Waals surface area contributed by atoms with E-state index in [2.05, 4.69) is 57.3 Å². The number of benzene rings is 2. The lowest BCUT2D eigenvalue weighted by Crippen LogP contribution is -2.42. The molecule has 1 aliphatic rings. The standard InChI is InChI=1S/C22H26N4O/c1-25(2)22-23-12-16(13-24-22)14-26-10-9-20(21(27)15-26)19-8-7-17-5-3-4-6-18(17)11-19/h3-8,11-13,20-21,27H,9-10,14-15H2,1-2H3/t20-,21+/m0/s1. The number of aliphatic hydroxyl groups excluding tert-OH is 1. The molecule has 2 heterocycles. The van der Waals surface area contributed by atoms with Gasteiger partial charge >= 0.3 is 0 Å². The van der Waals surface area contributed by atoms with E-state index >= 15 is 0 Å². The molecule has 4 rings (SSSR count). The second-order valence-corrected chi connectivity index (χ2v) is 7.59. The van der Waals surface area contributed by atoms with Gasteiger partial charge in [0.25, 0.3) is 0 Å². The Balaban J connectivity index is 1.42. The molecule has 140 valence electrons. The van der Waals surface area contributed by atoms with Crippen LogP contribution in [0.25, 0.3) is 10.8 Å². The minimum absolute atomic E-state index is 0.193. The van der Waals surface area contributed by atoms with E-state index in [0.717, 1.165) is 25.1 Å². The Morgan fingerprint density at radius 2 is 1.81 bits per heavy atom. The number of aromatic nitrogens is 2. The van der Waals surface area contributed by atoms with Crippen LogP contribution in [0.5, 0.6) is 0 Å². The van der Waals surface area contributed by atoms with E-state index in [9.17, 15) is 5.11 Å². The number of fused-ring (bicyclic) bond motifs is 1. The lowest BCUT2D eigenvalue weighted by atomic mass is 9.86. The van der Waals surface area contributed by atoms with Crippen LogP contribution in [0.4, 0.5) is 5.95 Å². The first-order valence-corrected chi connectivity index (χ1v) is 9.47. The number of likely N-dealkylation sites (tertiary alicyclic amines) is 1. The lowest BCUT2D eigenvalue weighted by molar-refractivity contribution is 0.0476. The molecule has 0 bridgehead atoms. The van der Waals surface area contributed by atoms with Crippen molar-refractivity contribution in [2.75, 3.05) is 32.1 Å². The van der Waals surface area contributed by atoms with Gasteiger partial charge in [-0.2, -0.15) is 0 Å². The van der Waals surface area contributed by atoms with Gasteiger partial charge in [0.1, 0.15) is 0 Å². The third kappa shape index (κ3) is 3.94. The maximum atomic E-state index is 10.8. The molecule has 1 N–H and O–H groups in total. The van der Waals surface area contributed by atoms with Crippen molar-refractivity contribution < 1.29 is 5.11 Å². The Bertz CT molecular complexity index is 910. The zero-order valence-corrected chi connectivity index (χ0v) is 15.9. The summed E-state index contributed by atoms with van der Waals surface area (Å²) < 4.78 is 0. The molecule has 0 spiro atoms. The van der Waals surface area contributed by atoms with Gasteiger partial charge in [-0.3, -0.25) is 4.90 Å². The summed E-state index contributed by atoms with van der Waals surface area (Å²) in [5.74, 6) is 0.909. The van der Waals surface area contributed by atoms with Crippen molar-refractivity contribution in [3.8, 4) is 0 Å². The molecule has 1 aromatic heterocycles.